The van der Waals surface area contributed by atoms with Crippen molar-refractivity contribution in [2.75, 3.05) is 17.2 Å². The van der Waals surface area contributed by atoms with E-state index >= 15 is 0 Å². The van der Waals surface area contributed by atoms with E-state index in [0.29, 0.717) is 12.5 Å². The Labute approximate surface area is 152 Å². The normalized spacial score (nSPS) is 10.5. The van der Waals surface area contributed by atoms with Crippen LogP contribution in [0.3, 0.4) is 0 Å². The molecule has 25 heavy (non-hydrogen) atoms. The first-order valence-corrected chi connectivity index (χ1v) is 8.53. The molecule has 0 atom stereocenters. The lowest BCUT2D eigenvalue weighted by atomic mass is 10.1. The second kappa shape index (κ2) is 8.44. The van der Waals surface area contributed by atoms with Crippen molar-refractivity contribution in [3.05, 3.63) is 76.7 Å². The van der Waals surface area contributed by atoms with Crippen LogP contribution in [0.15, 0.2) is 54.9 Å². The minimum absolute atomic E-state index is 0.606. The third-order valence-corrected chi connectivity index (χ3v) is 3.87. The highest BCUT2D eigenvalue weighted by Gasteiger charge is 2.03. The molecule has 0 saturated heterocycles. The van der Waals surface area contributed by atoms with E-state index in [4.69, 9.17) is 11.6 Å². The molecular formula is C19H20ClN5. The number of hydrogen-bond acceptors (Lipinski definition) is 5. The van der Waals surface area contributed by atoms with Gasteiger partial charge in [-0.05, 0) is 42.7 Å². The molecule has 0 aliphatic carbocycles. The van der Waals surface area contributed by atoms with E-state index < -0.39 is 0 Å². The fourth-order valence-corrected chi connectivity index (χ4v) is 2.66. The fraction of sp³-hybridized carbons (Fsp3) is 0.211. The molecule has 0 amide bonds. The predicted octanol–water partition coefficient (Wildman–Crippen LogP) is 4.10. The Morgan fingerprint density at radius 2 is 1.88 bits per heavy atom. The van der Waals surface area contributed by atoms with Gasteiger partial charge in [-0.3, -0.25) is 4.98 Å². The second-order valence-corrected chi connectivity index (χ2v) is 6.18. The first-order valence-electron chi connectivity index (χ1n) is 8.16. The predicted molar refractivity (Wildman–Crippen MR) is 102 cm³/mol. The number of hydrogen-bond donors (Lipinski definition) is 2. The van der Waals surface area contributed by atoms with Gasteiger partial charge in [-0.25, -0.2) is 4.98 Å². The van der Waals surface area contributed by atoms with Gasteiger partial charge >= 0.3 is 0 Å². The molecule has 0 radical (unpaired) electrons. The van der Waals surface area contributed by atoms with Crippen molar-refractivity contribution in [3.8, 4) is 0 Å². The van der Waals surface area contributed by atoms with Crippen LogP contribution in [0.1, 0.15) is 16.8 Å². The fourth-order valence-electron chi connectivity index (χ4n) is 2.45. The van der Waals surface area contributed by atoms with Crippen LogP contribution in [-0.4, -0.2) is 21.5 Å². The molecule has 2 aromatic heterocycles. The zero-order valence-electron chi connectivity index (χ0n) is 14.0. The molecule has 0 unspecified atom stereocenters. The van der Waals surface area contributed by atoms with Crippen molar-refractivity contribution in [3.63, 3.8) is 0 Å². The average Bonchev–Trinajstić information content (AvgIpc) is 2.61. The standard InChI is InChI=1S/C19H20ClN5/c1-14-10-18(22-9-7-15-4-2-6-17(20)11-15)25-19(24-14)23-13-16-5-3-8-21-12-16/h2-6,8,10-12H,7,9,13H2,1H3,(H2,22,23,24,25). The molecule has 5 nitrogen and oxygen atoms in total. The van der Waals surface area contributed by atoms with E-state index in [0.717, 1.165) is 35.1 Å². The summed E-state index contributed by atoms with van der Waals surface area (Å²) in [6.07, 6.45) is 4.46. The molecule has 3 aromatic rings. The van der Waals surface area contributed by atoms with E-state index in [1.54, 1.807) is 6.20 Å². The van der Waals surface area contributed by atoms with Crippen molar-refractivity contribution in [2.24, 2.45) is 0 Å². The van der Waals surface area contributed by atoms with Crippen LogP contribution < -0.4 is 10.6 Å². The average molecular weight is 354 g/mol. The highest BCUT2D eigenvalue weighted by Crippen LogP contribution is 2.13. The number of aryl methyl sites for hydroxylation is 1. The van der Waals surface area contributed by atoms with Crippen molar-refractivity contribution in [2.45, 2.75) is 19.9 Å². The minimum Gasteiger partial charge on any atom is -0.370 e. The van der Waals surface area contributed by atoms with Crippen LogP contribution in [0, 0.1) is 6.92 Å². The Bertz CT molecular complexity index is 823. The highest BCUT2D eigenvalue weighted by molar-refractivity contribution is 6.30. The second-order valence-electron chi connectivity index (χ2n) is 5.74. The zero-order valence-corrected chi connectivity index (χ0v) is 14.8. The van der Waals surface area contributed by atoms with Crippen LogP contribution >= 0.6 is 11.6 Å². The SMILES string of the molecule is Cc1cc(NCCc2cccc(Cl)c2)nc(NCc2cccnc2)n1. The molecule has 0 bridgehead atoms. The number of nitrogens with one attached hydrogen (secondary N) is 2. The molecule has 0 fully saturated rings. The van der Waals surface area contributed by atoms with Crippen LogP contribution in [0.2, 0.25) is 5.02 Å². The third-order valence-electron chi connectivity index (χ3n) is 3.64. The van der Waals surface area contributed by atoms with Gasteiger partial charge in [0, 0.05) is 42.3 Å². The first-order chi connectivity index (χ1) is 12.2. The topological polar surface area (TPSA) is 62.7 Å². The molecule has 0 spiro atoms. The number of aromatic nitrogens is 3. The quantitative estimate of drug-likeness (QED) is 0.669. The molecule has 0 aliphatic rings. The molecular weight excluding hydrogens is 334 g/mol. The van der Waals surface area contributed by atoms with Crippen LogP contribution in [-0.2, 0) is 13.0 Å². The zero-order chi connectivity index (χ0) is 17.5. The smallest absolute Gasteiger partial charge is 0.225 e. The Morgan fingerprint density at radius 3 is 2.68 bits per heavy atom. The van der Waals surface area contributed by atoms with Crippen molar-refractivity contribution in [1.29, 1.82) is 0 Å². The Morgan fingerprint density at radius 1 is 1.00 bits per heavy atom. The Hall–Kier alpha value is -2.66. The van der Waals surface area contributed by atoms with Gasteiger partial charge in [0.15, 0.2) is 0 Å². The first kappa shape index (κ1) is 17.2. The maximum atomic E-state index is 6.01. The summed E-state index contributed by atoms with van der Waals surface area (Å²) in [5, 5.41) is 7.34. The summed E-state index contributed by atoms with van der Waals surface area (Å²) >= 11 is 6.01. The maximum Gasteiger partial charge on any atom is 0.225 e. The van der Waals surface area contributed by atoms with Crippen LogP contribution in [0.4, 0.5) is 11.8 Å². The molecule has 0 saturated carbocycles. The summed E-state index contributed by atoms with van der Waals surface area (Å²) in [5.74, 6) is 1.41. The lowest BCUT2D eigenvalue weighted by Gasteiger charge is -2.10. The number of rotatable bonds is 7. The van der Waals surface area contributed by atoms with Gasteiger partial charge < -0.3 is 10.6 Å². The number of pyridine rings is 1. The molecule has 6 heteroatoms. The van der Waals surface area contributed by atoms with E-state index in [-0.39, 0.29) is 0 Å². The number of anilines is 2. The summed E-state index contributed by atoms with van der Waals surface area (Å²) in [7, 11) is 0. The van der Waals surface area contributed by atoms with E-state index in [9.17, 15) is 0 Å². The van der Waals surface area contributed by atoms with Gasteiger partial charge in [0.05, 0.1) is 0 Å². The Kier molecular flexibility index (Phi) is 5.80. The molecule has 3 rings (SSSR count). The van der Waals surface area contributed by atoms with E-state index in [1.165, 1.54) is 5.56 Å². The summed E-state index contributed by atoms with van der Waals surface area (Å²) < 4.78 is 0. The lowest BCUT2D eigenvalue weighted by molar-refractivity contribution is 0.980. The van der Waals surface area contributed by atoms with Gasteiger partial charge in [-0.1, -0.05) is 29.8 Å². The van der Waals surface area contributed by atoms with Crippen molar-refractivity contribution < 1.29 is 0 Å². The van der Waals surface area contributed by atoms with Gasteiger partial charge in [0.2, 0.25) is 5.95 Å². The van der Waals surface area contributed by atoms with Crippen molar-refractivity contribution >= 4 is 23.4 Å². The van der Waals surface area contributed by atoms with E-state index in [1.807, 2.05) is 49.5 Å². The highest BCUT2D eigenvalue weighted by atomic mass is 35.5. The summed E-state index contributed by atoms with van der Waals surface area (Å²) in [5.41, 5.74) is 3.19. The summed E-state index contributed by atoms with van der Waals surface area (Å²) in [6.45, 7) is 3.37. The number of nitrogens with zero attached hydrogens (tertiary/aromatic N) is 3. The van der Waals surface area contributed by atoms with E-state index in [2.05, 4.69) is 31.7 Å². The largest absolute Gasteiger partial charge is 0.370 e. The van der Waals surface area contributed by atoms with Crippen LogP contribution in [0.5, 0.6) is 0 Å². The van der Waals surface area contributed by atoms with Gasteiger partial charge in [-0.2, -0.15) is 4.98 Å². The molecule has 2 heterocycles. The monoisotopic (exact) mass is 353 g/mol. The van der Waals surface area contributed by atoms with Crippen molar-refractivity contribution in [1.82, 2.24) is 15.0 Å². The third kappa shape index (κ3) is 5.43. The van der Waals surface area contributed by atoms with Gasteiger partial charge in [-0.15, -0.1) is 0 Å². The molecule has 128 valence electrons. The Balaban J connectivity index is 1.57. The number of benzene rings is 1. The van der Waals surface area contributed by atoms with Gasteiger partial charge in [0.25, 0.3) is 0 Å². The minimum atomic E-state index is 0.606. The summed E-state index contributed by atoms with van der Waals surface area (Å²) in [6, 6.07) is 13.8. The molecule has 1 aromatic carbocycles. The lowest BCUT2D eigenvalue weighted by Crippen LogP contribution is -2.10. The molecule has 2 N–H and O–H groups in total. The molecule has 0 aliphatic heterocycles. The summed E-state index contributed by atoms with van der Waals surface area (Å²) in [4.78, 5) is 13.0. The van der Waals surface area contributed by atoms with Gasteiger partial charge in [0.1, 0.15) is 5.82 Å². The number of halogens is 1. The maximum absolute atomic E-state index is 6.01. The van der Waals surface area contributed by atoms with Crippen LogP contribution in [0.25, 0.3) is 0 Å².